The van der Waals surface area contributed by atoms with Crippen LogP contribution in [0.15, 0.2) is 53.1 Å². The van der Waals surface area contributed by atoms with Crippen molar-refractivity contribution in [3.63, 3.8) is 0 Å². The third-order valence-corrected chi connectivity index (χ3v) is 10.0. The van der Waals surface area contributed by atoms with E-state index >= 15 is 0 Å². The number of hydrogen-bond acceptors (Lipinski definition) is 9. The maximum atomic E-state index is 14.1. The van der Waals surface area contributed by atoms with Crippen LogP contribution in [0.3, 0.4) is 0 Å². The van der Waals surface area contributed by atoms with Gasteiger partial charge in [-0.05, 0) is 113 Å². The number of methoxy groups -OCH3 is 3. The lowest BCUT2D eigenvalue weighted by Crippen LogP contribution is -2.44. The predicted molar refractivity (Wildman–Crippen MR) is 184 cm³/mol. The van der Waals surface area contributed by atoms with E-state index in [4.69, 9.17) is 18.6 Å². The summed E-state index contributed by atoms with van der Waals surface area (Å²) in [6, 6.07) is 11.9. The third-order valence-electron chi connectivity index (χ3n) is 10.0. The van der Waals surface area contributed by atoms with Crippen molar-refractivity contribution in [1.82, 2.24) is 10.6 Å². The molecule has 1 aromatic heterocycles. The Morgan fingerprint density at radius 1 is 0.875 bits per heavy atom. The Kier molecular flexibility index (Phi) is 14.8. The highest BCUT2D eigenvalue weighted by Gasteiger charge is 2.41. The van der Waals surface area contributed by atoms with Crippen LogP contribution < -0.4 is 10.6 Å². The maximum Gasteiger partial charge on any atom is 0.337 e. The van der Waals surface area contributed by atoms with E-state index < -0.39 is 11.2 Å². The molecule has 4 N–H and O–H groups in total. The van der Waals surface area contributed by atoms with Gasteiger partial charge in [0.1, 0.15) is 11.4 Å². The highest BCUT2D eigenvalue weighted by molar-refractivity contribution is 5.89. The number of esters is 1. The molecule has 2 aromatic carbocycles. The van der Waals surface area contributed by atoms with Crippen molar-refractivity contribution in [2.24, 2.45) is 11.8 Å². The summed E-state index contributed by atoms with van der Waals surface area (Å²) in [6.45, 7) is 4.86. The zero-order valence-corrected chi connectivity index (χ0v) is 28.9. The van der Waals surface area contributed by atoms with E-state index in [0.29, 0.717) is 48.2 Å². The molecule has 10 heteroatoms. The van der Waals surface area contributed by atoms with Crippen LogP contribution >= 0.6 is 0 Å². The Labute approximate surface area is 284 Å². The molecule has 48 heavy (non-hydrogen) atoms. The highest BCUT2D eigenvalue weighted by atomic mass is 19.1. The normalized spacial score (nSPS) is 20.7. The van der Waals surface area contributed by atoms with Gasteiger partial charge >= 0.3 is 5.97 Å². The fourth-order valence-corrected chi connectivity index (χ4v) is 7.34. The van der Waals surface area contributed by atoms with Gasteiger partial charge in [-0.25, -0.2) is 9.18 Å². The third kappa shape index (κ3) is 9.64. The van der Waals surface area contributed by atoms with Gasteiger partial charge in [-0.3, -0.25) is 0 Å². The Morgan fingerprint density at radius 2 is 1.50 bits per heavy atom. The fourth-order valence-electron chi connectivity index (χ4n) is 7.34. The van der Waals surface area contributed by atoms with Crippen molar-refractivity contribution in [2.75, 3.05) is 60.7 Å². The van der Waals surface area contributed by atoms with Gasteiger partial charge in [-0.15, -0.1) is 0 Å². The van der Waals surface area contributed by atoms with Crippen LogP contribution in [-0.4, -0.2) is 76.9 Å². The summed E-state index contributed by atoms with van der Waals surface area (Å²) in [7, 11) is 4.74. The van der Waals surface area contributed by atoms with Crippen molar-refractivity contribution < 1.29 is 38.0 Å². The molecular formula is C38H55FN2O7. The van der Waals surface area contributed by atoms with E-state index in [9.17, 15) is 19.4 Å². The van der Waals surface area contributed by atoms with Crippen molar-refractivity contribution in [3.8, 4) is 0 Å². The number of fused-ring (bicyclic) bond motifs is 1. The second-order valence-electron chi connectivity index (χ2n) is 13.2. The van der Waals surface area contributed by atoms with Gasteiger partial charge < -0.3 is 39.5 Å². The molecule has 266 valence electrons. The van der Waals surface area contributed by atoms with Gasteiger partial charge in [0, 0.05) is 63.3 Å². The molecule has 0 spiro atoms. The summed E-state index contributed by atoms with van der Waals surface area (Å²) in [5.41, 5.74) is 0.417. The molecule has 0 unspecified atom stereocenters. The van der Waals surface area contributed by atoms with Gasteiger partial charge in [0.05, 0.1) is 30.1 Å². The van der Waals surface area contributed by atoms with Crippen LogP contribution in [0.1, 0.15) is 85.7 Å². The maximum absolute atomic E-state index is 14.1. The molecule has 3 heterocycles. The first-order chi connectivity index (χ1) is 23.3. The number of halogens is 1. The number of ether oxygens (including phenoxy) is 3. The monoisotopic (exact) mass is 670 g/mol. The van der Waals surface area contributed by atoms with E-state index in [1.54, 1.807) is 38.7 Å². The molecule has 2 saturated heterocycles. The van der Waals surface area contributed by atoms with Gasteiger partial charge in [-0.2, -0.15) is 0 Å². The Balaban J connectivity index is 0.000000217. The SMILES string of the molecule is COCCCC[C@@](O)(c1cc(F)cc2ccoc12)[C@@H]1CCCNC1.COCCCC[C@@](O)(c1cccc(C(=O)OC)c1)[C@@H]1CCCNC1. The standard InChI is InChI=1S/C19H26FNO3.C19H29NO4/c1-23-9-3-2-7-19(22,15-5-4-8-21-13-15)17-12-16(20)11-14-6-10-24-18(14)17;1-23-12-4-3-10-19(22,17-9-6-11-20-14-17)16-8-5-7-15(13-16)18(21)24-2/h6,10-12,15,21-22H,2-5,7-9,13H2,1H3;5,7-8,13,17,20,22H,3-4,6,9-12,14H2,1-2H3/t15-,19+;17-,19-/m11/s1. The lowest BCUT2D eigenvalue weighted by molar-refractivity contribution is -0.0436. The molecule has 0 aliphatic carbocycles. The first-order valence-corrected chi connectivity index (χ1v) is 17.5. The molecule has 0 radical (unpaired) electrons. The first-order valence-electron chi connectivity index (χ1n) is 17.5. The molecule has 9 nitrogen and oxygen atoms in total. The zero-order chi connectivity index (χ0) is 34.4. The Morgan fingerprint density at radius 3 is 2.08 bits per heavy atom. The summed E-state index contributed by atoms with van der Waals surface area (Å²) in [5.74, 6) is -0.524. The van der Waals surface area contributed by atoms with E-state index in [1.165, 1.54) is 19.2 Å². The molecule has 2 fully saturated rings. The van der Waals surface area contributed by atoms with Crippen molar-refractivity contribution in [3.05, 3.63) is 71.2 Å². The van der Waals surface area contributed by atoms with E-state index in [1.807, 2.05) is 12.1 Å². The average molecular weight is 671 g/mol. The van der Waals surface area contributed by atoms with Crippen LogP contribution in [0.4, 0.5) is 4.39 Å². The van der Waals surface area contributed by atoms with Crippen molar-refractivity contribution >= 4 is 16.9 Å². The smallest absolute Gasteiger partial charge is 0.337 e. The predicted octanol–water partition coefficient (Wildman–Crippen LogP) is 6.05. The number of nitrogens with one attached hydrogen (secondary N) is 2. The average Bonchev–Trinajstić information content (AvgIpc) is 3.60. The molecule has 5 rings (SSSR count). The van der Waals surface area contributed by atoms with Crippen molar-refractivity contribution in [2.45, 2.75) is 75.4 Å². The number of benzene rings is 2. The van der Waals surface area contributed by atoms with Crippen LogP contribution in [0, 0.1) is 17.7 Å². The molecule has 2 aliphatic rings. The molecule has 4 atom stereocenters. The second-order valence-corrected chi connectivity index (χ2v) is 13.2. The minimum absolute atomic E-state index is 0.0453. The Hall–Kier alpha value is -2.86. The zero-order valence-electron chi connectivity index (χ0n) is 28.9. The summed E-state index contributed by atoms with van der Waals surface area (Å²) in [5, 5.41) is 30.6. The molecule has 0 amide bonds. The molecular weight excluding hydrogens is 615 g/mol. The van der Waals surface area contributed by atoms with E-state index in [0.717, 1.165) is 83.1 Å². The van der Waals surface area contributed by atoms with Crippen LogP contribution in [0.25, 0.3) is 11.0 Å². The number of unbranched alkanes of at least 4 members (excludes halogenated alkanes) is 2. The van der Waals surface area contributed by atoms with E-state index in [-0.39, 0.29) is 23.6 Å². The van der Waals surface area contributed by atoms with Crippen LogP contribution in [-0.2, 0) is 25.4 Å². The van der Waals surface area contributed by atoms with Gasteiger partial charge in [0.25, 0.3) is 0 Å². The van der Waals surface area contributed by atoms with E-state index in [2.05, 4.69) is 10.6 Å². The minimum Gasteiger partial charge on any atom is -0.465 e. The summed E-state index contributed by atoms with van der Waals surface area (Å²) in [6.07, 6.45) is 10.2. The quantitative estimate of drug-likeness (QED) is 0.113. The number of piperidine rings is 2. The minimum atomic E-state index is -1.10. The summed E-state index contributed by atoms with van der Waals surface area (Å²) >= 11 is 0. The summed E-state index contributed by atoms with van der Waals surface area (Å²) in [4.78, 5) is 11.8. The van der Waals surface area contributed by atoms with Crippen LogP contribution in [0.5, 0.6) is 0 Å². The lowest BCUT2D eigenvalue weighted by atomic mass is 9.74. The highest BCUT2D eigenvalue weighted by Crippen LogP contribution is 2.42. The number of rotatable bonds is 15. The van der Waals surface area contributed by atoms with Crippen molar-refractivity contribution in [1.29, 1.82) is 0 Å². The topological polar surface area (TPSA) is 122 Å². The number of carbonyl (C=O) groups is 1. The number of furan rings is 1. The molecule has 2 aliphatic heterocycles. The van der Waals surface area contributed by atoms with Gasteiger partial charge in [0.15, 0.2) is 0 Å². The number of hydrogen-bond donors (Lipinski definition) is 4. The fraction of sp³-hybridized carbons (Fsp3) is 0.605. The van der Waals surface area contributed by atoms with Gasteiger partial charge in [0.2, 0.25) is 0 Å². The summed E-state index contributed by atoms with van der Waals surface area (Å²) < 4.78 is 34.8. The first kappa shape index (κ1) is 38.0. The molecule has 0 saturated carbocycles. The number of carbonyl (C=O) groups excluding carboxylic acids is 1. The largest absolute Gasteiger partial charge is 0.465 e. The van der Waals surface area contributed by atoms with Crippen LogP contribution in [0.2, 0.25) is 0 Å². The molecule has 3 aromatic rings. The molecule has 0 bridgehead atoms. The second kappa shape index (κ2) is 18.8. The Bertz CT molecular complexity index is 1400. The lowest BCUT2D eigenvalue weighted by Gasteiger charge is -2.39. The number of aliphatic hydroxyl groups is 2. The van der Waals surface area contributed by atoms with Gasteiger partial charge in [-0.1, -0.05) is 12.1 Å².